The van der Waals surface area contributed by atoms with Crippen LogP contribution in [-0.4, -0.2) is 112 Å². The molecule has 6 N–H and O–H groups in total. The van der Waals surface area contributed by atoms with Crippen molar-refractivity contribution in [3.63, 3.8) is 0 Å². The number of nitrogens with zero attached hydrogens (tertiary/aromatic N) is 5. The smallest absolute Gasteiger partial charge is 0.299 e. The molecule has 81 heavy (non-hydrogen) atoms. The van der Waals surface area contributed by atoms with Gasteiger partial charge in [0.15, 0.2) is 5.75 Å². The third-order valence-electron chi connectivity index (χ3n) is 18.2. The number of aromatic nitrogens is 3. The molecule has 2 atom stereocenters. The third-order valence-corrected chi connectivity index (χ3v) is 18.2. The number of nitrogens with two attached hydrogens (primary N) is 1. The normalized spacial score (nSPS) is 22.4. The number of nitrogens with one attached hydrogen (secondary N) is 3. The number of imide groups is 1. The van der Waals surface area contributed by atoms with Crippen LogP contribution in [0.5, 0.6) is 23.1 Å². The van der Waals surface area contributed by atoms with E-state index in [1.807, 2.05) is 13.0 Å². The van der Waals surface area contributed by atoms with E-state index in [1.54, 1.807) is 26.2 Å². The molecule has 17 heteroatoms. The first-order valence-electron chi connectivity index (χ1n) is 29.2. The Morgan fingerprint density at radius 2 is 1.69 bits per heavy atom. The molecule has 3 aromatic heterocycles. The lowest BCUT2D eigenvalue weighted by Gasteiger charge is -2.59. The number of aliphatic hydroxyl groups is 1. The summed E-state index contributed by atoms with van der Waals surface area (Å²) in [6.07, 6.45) is 12.3. The largest absolute Gasteiger partial charge is 0.496 e. The molecule has 6 aromatic rings. The number of nitrogen functional groups attached to an aromatic ring is 1. The van der Waals surface area contributed by atoms with Crippen molar-refractivity contribution in [1.82, 2.24) is 30.1 Å². The van der Waals surface area contributed by atoms with Gasteiger partial charge in [-0.15, -0.1) is 0 Å². The number of aromatic amines is 1. The number of halogens is 1. The lowest BCUT2D eigenvalue weighted by molar-refractivity contribution is -0.116. The maximum atomic E-state index is 15.0. The number of hydrogen-bond donors (Lipinski definition) is 5. The van der Waals surface area contributed by atoms with Crippen molar-refractivity contribution >= 4 is 45.8 Å². The number of amides is 2. The minimum atomic E-state index is -1.18. The zero-order valence-corrected chi connectivity index (χ0v) is 47.7. The van der Waals surface area contributed by atoms with Crippen LogP contribution in [0.2, 0.25) is 0 Å². The zero-order valence-electron chi connectivity index (χ0n) is 47.7. The van der Waals surface area contributed by atoms with E-state index in [-0.39, 0.29) is 63.3 Å². The highest BCUT2D eigenvalue weighted by atomic mass is 19.1. The summed E-state index contributed by atoms with van der Waals surface area (Å²) in [5.74, 6) is -0.662. The van der Waals surface area contributed by atoms with Gasteiger partial charge in [-0.2, -0.15) is 4.98 Å². The molecule has 5 aliphatic rings. The molecule has 5 heterocycles. The number of carbonyl (C=O) groups is 3. The number of fused-ring (bicyclic) bond motifs is 1. The highest BCUT2D eigenvalue weighted by Gasteiger charge is 2.51. The summed E-state index contributed by atoms with van der Waals surface area (Å²) in [7, 11) is 1.79. The molecule has 3 aromatic carbocycles. The van der Waals surface area contributed by atoms with Crippen LogP contribution < -0.4 is 35.5 Å². The number of carbonyl (C=O) groups excluding carboxylic acids is 3. The van der Waals surface area contributed by atoms with Crippen molar-refractivity contribution in [3.8, 4) is 23.1 Å². The van der Waals surface area contributed by atoms with E-state index in [2.05, 4.69) is 104 Å². The summed E-state index contributed by atoms with van der Waals surface area (Å²) in [4.78, 5) is 60.7. The number of ether oxygens (including phenoxy) is 3. The number of ketones is 1. The molecular weight excluding hydrogens is 1030 g/mol. The lowest BCUT2D eigenvalue weighted by Crippen LogP contribution is -2.61. The maximum Gasteiger partial charge on any atom is 0.299 e. The van der Waals surface area contributed by atoms with Gasteiger partial charge in [0.1, 0.15) is 28.8 Å². The summed E-state index contributed by atoms with van der Waals surface area (Å²) in [5.41, 5.74) is 12.4. The maximum absolute atomic E-state index is 15.0. The predicted molar refractivity (Wildman–Crippen MR) is 312 cm³/mol. The van der Waals surface area contributed by atoms with Gasteiger partial charge in [-0.25, -0.2) is 9.37 Å². The van der Waals surface area contributed by atoms with E-state index in [0.717, 1.165) is 82.7 Å². The van der Waals surface area contributed by atoms with Gasteiger partial charge in [0.2, 0.25) is 0 Å². The number of Topliss-reactive ketones (excluding diaryl/α,β-unsaturated/α-hetero) is 1. The molecule has 2 unspecified atom stereocenters. The first-order chi connectivity index (χ1) is 39.0. The Kier molecular flexibility index (Phi) is 15.9. The quantitative estimate of drug-likeness (QED) is 0.0402. The number of anilines is 3. The van der Waals surface area contributed by atoms with Crippen LogP contribution in [0.4, 0.5) is 21.6 Å². The molecule has 5 fully saturated rings. The van der Waals surface area contributed by atoms with Gasteiger partial charge in [0.25, 0.3) is 23.5 Å². The van der Waals surface area contributed by atoms with Gasteiger partial charge in [-0.1, -0.05) is 50.2 Å². The van der Waals surface area contributed by atoms with Crippen molar-refractivity contribution < 1.29 is 38.1 Å². The topological polar surface area (TPSA) is 200 Å². The number of pyridine rings is 2. The first-order valence-corrected chi connectivity index (χ1v) is 29.2. The van der Waals surface area contributed by atoms with Crippen molar-refractivity contribution in [3.05, 3.63) is 124 Å². The molecule has 0 bridgehead atoms. The van der Waals surface area contributed by atoms with Crippen LogP contribution in [0.15, 0.2) is 85.2 Å². The Labute approximate surface area is 474 Å². The molecule has 11 rings (SSSR count). The molecule has 1 spiro atoms. The van der Waals surface area contributed by atoms with Gasteiger partial charge < -0.3 is 40.3 Å². The lowest BCUT2D eigenvalue weighted by atomic mass is 9.59. The summed E-state index contributed by atoms with van der Waals surface area (Å²) in [6, 6.07) is 25.0. The number of methoxy groups -OCH3 is 1. The van der Waals surface area contributed by atoms with Gasteiger partial charge in [0, 0.05) is 93.2 Å². The fourth-order valence-corrected chi connectivity index (χ4v) is 13.2. The Hall–Kier alpha value is -7.08. The standard InChI is InChI=1S/C64H78FN9O7/c1-7-80-62-56(29-50-51(65)34-69-58(50)70-62)81-55-28-44(15-17-49(55)60(76)71-61(77)57(75)43-27-52(66)59(68-33-43)67-32-40-18-20-63(5,78)21-19-40)72-24-22-64(23-25-72)30-45(31-64)74-35-39(4)73(37-53(74)48-11-9-8-10-46(48)38(2)3)36-41-12-16-47(42-13-14-42)54(26-41)79-6/h8-12,15-17,26-29,33-34,38-40,42,45,53,78H,7,13-14,18-25,30-32,35-37,66H2,1-6H3,(H,67,68)(H,69,70)(H,71,76,77). The van der Waals surface area contributed by atoms with Crippen LogP contribution in [0, 0.1) is 17.2 Å². The Balaban J connectivity index is 0.786. The number of benzene rings is 3. The van der Waals surface area contributed by atoms with E-state index in [0.29, 0.717) is 55.0 Å². The summed E-state index contributed by atoms with van der Waals surface area (Å²) >= 11 is 0. The van der Waals surface area contributed by atoms with E-state index < -0.39 is 29.0 Å². The monoisotopic (exact) mass is 1100 g/mol. The summed E-state index contributed by atoms with van der Waals surface area (Å²) in [6.45, 7) is 15.8. The van der Waals surface area contributed by atoms with Gasteiger partial charge in [-0.05, 0) is 155 Å². The molecule has 428 valence electrons. The van der Waals surface area contributed by atoms with Crippen molar-refractivity contribution in [2.75, 3.05) is 62.4 Å². The number of hydrogen-bond acceptors (Lipinski definition) is 14. The Morgan fingerprint density at radius 1 is 0.926 bits per heavy atom. The van der Waals surface area contributed by atoms with Gasteiger partial charge >= 0.3 is 0 Å². The number of H-pyrrole nitrogens is 1. The molecule has 2 saturated heterocycles. The Morgan fingerprint density at radius 3 is 2.41 bits per heavy atom. The van der Waals surface area contributed by atoms with E-state index in [4.69, 9.17) is 19.9 Å². The van der Waals surface area contributed by atoms with Crippen LogP contribution in [0.25, 0.3) is 11.0 Å². The molecule has 3 aliphatic carbocycles. The third kappa shape index (κ3) is 12.0. The second kappa shape index (κ2) is 23.0. The second-order valence-corrected chi connectivity index (χ2v) is 24.3. The SMILES string of the molecule is CCOc1nc2[nH]cc(F)c2cc1Oc1cc(N2CCC3(CC2)CC(N2CC(C)N(Cc4ccc(C5CC5)c(OC)c4)CC2c2ccccc2C(C)C)C3)ccc1C(=O)NC(=O)C(=O)c1cnc(NCC2CCC(C)(O)CC2)c(N)c1. The molecular formula is C64H78FN9O7. The van der Waals surface area contributed by atoms with Crippen LogP contribution in [0.1, 0.15) is 160 Å². The minimum absolute atomic E-state index is 0.0390. The minimum Gasteiger partial charge on any atom is -0.496 e. The van der Waals surface area contributed by atoms with Crippen molar-refractivity contribution in [2.45, 2.75) is 141 Å². The van der Waals surface area contributed by atoms with E-state index in [9.17, 15) is 19.5 Å². The van der Waals surface area contributed by atoms with Crippen LogP contribution in [0.3, 0.4) is 0 Å². The molecule has 2 aliphatic heterocycles. The number of rotatable bonds is 18. The summed E-state index contributed by atoms with van der Waals surface area (Å²) in [5, 5.41) is 16.0. The average molecular weight is 1100 g/mol. The average Bonchev–Trinajstić information content (AvgIpc) is 4.24. The molecule has 16 nitrogen and oxygen atoms in total. The summed E-state index contributed by atoms with van der Waals surface area (Å²) < 4.78 is 33.3. The first kappa shape index (κ1) is 55.8. The van der Waals surface area contributed by atoms with E-state index >= 15 is 4.39 Å². The van der Waals surface area contributed by atoms with E-state index in [1.165, 1.54) is 59.6 Å². The van der Waals surface area contributed by atoms with Crippen molar-refractivity contribution in [1.29, 1.82) is 0 Å². The molecule has 2 amide bonds. The molecule has 0 radical (unpaired) electrons. The zero-order chi connectivity index (χ0) is 56.7. The number of piperidine rings is 1. The van der Waals surface area contributed by atoms with Crippen LogP contribution >= 0.6 is 0 Å². The highest BCUT2D eigenvalue weighted by molar-refractivity contribution is 6.45. The predicted octanol–water partition coefficient (Wildman–Crippen LogP) is 11.1. The highest BCUT2D eigenvalue weighted by Crippen LogP contribution is 2.54. The van der Waals surface area contributed by atoms with Crippen molar-refractivity contribution in [2.24, 2.45) is 11.3 Å². The fraction of sp³-hybridized carbons (Fsp3) is 0.484. The Bertz CT molecular complexity index is 3300. The fourth-order valence-electron chi connectivity index (χ4n) is 13.2. The number of piperazine rings is 1. The second-order valence-electron chi connectivity index (χ2n) is 24.3. The van der Waals surface area contributed by atoms with Gasteiger partial charge in [0.05, 0.1) is 36.0 Å². The van der Waals surface area contributed by atoms with Crippen LogP contribution in [-0.2, 0) is 11.3 Å². The van der Waals surface area contributed by atoms with Gasteiger partial charge in [-0.3, -0.25) is 29.5 Å². The molecule has 3 saturated carbocycles.